The van der Waals surface area contributed by atoms with Crippen molar-refractivity contribution in [3.8, 4) is 11.3 Å². The second kappa shape index (κ2) is 8.53. The van der Waals surface area contributed by atoms with E-state index in [0.717, 1.165) is 29.0 Å². The van der Waals surface area contributed by atoms with E-state index in [0.29, 0.717) is 24.3 Å². The first-order valence-electron chi connectivity index (χ1n) is 9.56. The molecule has 0 saturated heterocycles. The molecule has 0 spiro atoms. The predicted octanol–water partition coefficient (Wildman–Crippen LogP) is 4.25. The molecular formula is C21H18F3N7O. The van der Waals surface area contributed by atoms with Crippen molar-refractivity contribution in [1.82, 2.24) is 10.2 Å². The number of anilines is 2. The third-order valence-electron chi connectivity index (χ3n) is 4.70. The van der Waals surface area contributed by atoms with Gasteiger partial charge in [0, 0.05) is 35.5 Å². The number of hydrogen-bond acceptors (Lipinski definition) is 5. The van der Waals surface area contributed by atoms with Gasteiger partial charge in [0.2, 0.25) is 5.96 Å². The molecule has 2 amide bonds. The Bertz CT molecular complexity index is 1200. The number of alkyl halides is 3. The topological polar surface area (TPSA) is 121 Å². The van der Waals surface area contributed by atoms with Crippen molar-refractivity contribution in [3.63, 3.8) is 0 Å². The Kier molecular flexibility index (Phi) is 5.63. The Balaban J connectivity index is 1.48. The Labute approximate surface area is 180 Å². The molecular weight excluding hydrogens is 423 g/mol. The van der Waals surface area contributed by atoms with Gasteiger partial charge in [0.25, 0.3) is 0 Å². The fraction of sp³-hybridized carbons (Fsp3) is 0.143. The first kappa shape index (κ1) is 21.1. The number of aliphatic imine (C=N–C) groups is 2. The van der Waals surface area contributed by atoms with Gasteiger partial charge in [-0.1, -0.05) is 12.1 Å². The van der Waals surface area contributed by atoms with Crippen molar-refractivity contribution >= 4 is 29.1 Å². The van der Waals surface area contributed by atoms with Crippen LogP contribution in [0.5, 0.6) is 0 Å². The average molecular weight is 441 g/mol. The van der Waals surface area contributed by atoms with Crippen molar-refractivity contribution in [2.24, 2.45) is 15.7 Å². The van der Waals surface area contributed by atoms with Crippen molar-refractivity contribution < 1.29 is 18.0 Å². The third kappa shape index (κ3) is 4.77. The monoisotopic (exact) mass is 441 g/mol. The first-order valence-corrected chi connectivity index (χ1v) is 9.56. The van der Waals surface area contributed by atoms with Crippen molar-refractivity contribution in [1.29, 1.82) is 0 Å². The smallest absolute Gasteiger partial charge is 0.368 e. The number of nitrogens with zero attached hydrogens (tertiary/aromatic N) is 3. The molecule has 164 valence electrons. The maximum absolute atomic E-state index is 12.7. The van der Waals surface area contributed by atoms with Gasteiger partial charge in [0.15, 0.2) is 0 Å². The summed E-state index contributed by atoms with van der Waals surface area (Å²) in [7, 11) is 0. The SMILES string of the molecule is NC1=NCCC(c2cn[nH]c2-c2cccc(NC(=O)Nc3ccc(C(F)(F)F)cc3)c2)=N1. The Hall–Kier alpha value is -4.15. The molecule has 0 atom stereocenters. The van der Waals surface area contributed by atoms with E-state index in [1.54, 1.807) is 24.4 Å². The summed E-state index contributed by atoms with van der Waals surface area (Å²) < 4.78 is 38.0. The van der Waals surface area contributed by atoms with E-state index in [-0.39, 0.29) is 11.6 Å². The summed E-state index contributed by atoms with van der Waals surface area (Å²) in [6, 6.07) is 10.6. The summed E-state index contributed by atoms with van der Waals surface area (Å²) in [6.45, 7) is 0.543. The molecule has 11 heteroatoms. The third-order valence-corrected chi connectivity index (χ3v) is 4.70. The fourth-order valence-corrected chi connectivity index (χ4v) is 3.21. The number of carbonyl (C=O) groups is 1. The summed E-state index contributed by atoms with van der Waals surface area (Å²) in [5.41, 5.74) is 8.66. The second-order valence-corrected chi connectivity index (χ2v) is 6.94. The zero-order chi connectivity index (χ0) is 22.7. The molecule has 0 bridgehead atoms. The van der Waals surface area contributed by atoms with Gasteiger partial charge < -0.3 is 16.4 Å². The molecule has 0 saturated carbocycles. The quantitative estimate of drug-likeness (QED) is 0.484. The molecule has 4 rings (SSSR count). The maximum Gasteiger partial charge on any atom is 0.416 e. The zero-order valence-corrected chi connectivity index (χ0v) is 16.6. The Morgan fingerprint density at radius 1 is 1.06 bits per heavy atom. The summed E-state index contributed by atoms with van der Waals surface area (Å²) in [5, 5.41) is 12.2. The molecule has 8 nitrogen and oxygen atoms in total. The lowest BCUT2D eigenvalue weighted by Crippen LogP contribution is -2.20. The molecule has 32 heavy (non-hydrogen) atoms. The van der Waals surface area contributed by atoms with Crippen LogP contribution in [0.4, 0.5) is 29.3 Å². The number of amides is 2. The standard InChI is InChI=1S/C21H18F3N7O/c22-21(23,24)13-4-6-14(7-5-13)28-20(32)29-15-3-1-2-12(10-15)18-16(11-27-31-18)17-8-9-26-19(25)30-17/h1-7,10-11H,8-9H2,(H2,25,26)(H,27,31)(H2,28,29,32). The lowest BCUT2D eigenvalue weighted by Gasteiger charge is -2.12. The minimum absolute atomic E-state index is 0.216. The minimum Gasteiger partial charge on any atom is -0.368 e. The normalized spacial score (nSPS) is 13.8. The van der Waals surface area contributed by atoms with E-state index in [1.807, 2.05) is 6.07 Å². The minimum atomic E-state index is -4.44. The summed E-state index contributed by atoms with van der Waals surface area (Å²) in [4.78, 5) is 20.6. The van der Waals surface area contributed by atoms with Gasteiger partial charge >= 0.3 is 12.2 Å². The fourth-order valence-electron chi connectivity index (χ4n) is 3.21. The largest absolute Gasteiger partial charge is 0.416 e. The highest BCUT2D eigenvalue weighted by atomic mass is 19.4. The molecule has 1 aromatic heterocycles. The molecule has 3 aromatic rings. The molecule has 1 aliphatic rings. The van der Waals surface area contributed by atoms with E-state index in [2.05, 4.69) is 30.8 Å². The zero-order valence-electron chi connectivity index (χ0n) is 16.6. The Morgan fingerprint density at radius 2 is 1.81 bits per heavy atom. The summed E-state index contributed by atoms with van der Waals surface area (Å²) >= 11 is 0. The highest BCUT2D eigenvalue weighted by Gasteiger charge is 2.30. The number of guanidine groups is 1. The number of hydrogen-bond donors (Lipinski definition) is 4. The van der Waals surface area contributed by atoms with Crippen molar-refractivity contribution in [3.05, 3.63) is 65.9 Å². The lowest BCUT2D eigenvalue weighted by atomic mass is 10.0. The van der Waals surface area contributed by atoms with Gasteiger partial charge in [-0.2, -0.15) is 18.3 Å². The van der Waals surface area contributed by atoms with E-state index < -0.39 is 17.8 Å². The molecule has 2 aromatic carbocycles. The van der Waals surface area contributed by atoms with Crippen LogP contribution >= 0.6 is 0 Å². The van der Waals surface area contributed by atoms with Crippen molar-refractivity contribution in [2.75, 3.05) is 17.2 Å². The molecule has 2 heterocycles. The van der Waals surface area contributed by atoms with E-state index in [1.165, 1.54) is 12.1 Å². The van der Waals surface area contributed by atoms with Gasteiger partial charge in [-0.05, 0) is 36.4 Å². The van der Waals surface area contributed by atoms with Gasteiger partial charge in [0.05, 0.1) is 23.2 Å². The number of urea groups is 1. The number of carbonyl (C=O) groups excluding carboxylic acids is 1. The molecule has 1 aliphatic heterocycles. The second-order valence-electron chi connectivity index (χ2n) is 6.94. The van der Waals surface area contributed by atoms with Gasteiger partial charge in [-0.15, -0.1) is 0 Å². The Morgan fingerprint density at radius 3 is 2.53 bits per heavy atom. The predicted molar refractivity (Wildman–Crippen MR) is 116 cm³/mol. The molecule has 5 N–H and O–H groups in total. The average Bonchev–Trinajstić information content (AvgIpc) is 3.24. The van der Waals surface area contributed by atoms with Crippen LogP contribution in [0.3, 0.4) is 0 Å². The van der Waals surface area contributed by atoms with Crippen LogP contribution < -0.4 is 16.4 Å². The van der Waals surface area contributed by atoms with E-state index in [4.69, 9.17) is 5.73 Å². The number of nitrogens with one attached hydrogen (secondary N) is 3. The van der Waals surface area contributed by atoms with Crippen LogP contribution in [-0.2, 0) is 6.18 Å². The van der Waals surface area contributed by atoms with Crippen LogP contribution in [0.2, 0.25) is 0 Å². The molecule has 0 fully saturated rings. The first-order chi connectivity index (χ1) is 15.3. The van der Waals surface area contributed by atoms with Gasteiger partial charge in [-0.25, -0.2) is 9.79 Å². The van der Waals surface area contributed by atoms with E-state index >= 15 is 0 Å². The number of H-pyrrole nitrogens is 1. The summed E-state index contributed by atoms with van der Waals surface area (Å²) in [5.74, 6) is 0.216. The molecule has 0 aliphatic carbocycles. The maximum atomic E-state index is 12.7. The number of aromatic amines is 1. The number of rotatable bonds is 4. The summed E-state index contributed by atoms with van der Waals surface area (Å²) in [6.07, 6.45) is -2.15. The van der Waals surface area contributed by atoms with Crippen LogP contribution in [-0.4, -0.2) is 34.4 Å². The number of benzene rings is 2. The number of aromatic nitrogens is 2. The van der Waals surface area contributed by atoms with Gasteiger partial charge in [-0.3, -0.25) is 10.1 Å². The molecule has 0 radical (unpaired) electrons. The van der Waals surface area contributed by atoms with Crippen molar-refractivity contribution in [2.45, 2.75) is 12.6 Å². The lowest BCUT2D eigenvalue weighted by molar-refractivity contribution is -0.137. The molecule has 0 unspecified atom stereocenters. The highest BCUT2D eigenvalue weighted by molar-refractivity contribution is 6.11. The van der Waals surface area contributed by atoms with Crippen LogP contribution in [0, 0.1) is 0 Å². The number of halogens is 3. The van der Waals surface area contributed by atoms with Crippen LogP contribution in [0.15, 0.2) is 64.7 Å². The van der Waals surface area contributed by atoms with E-state index in [9.17, 15) is 18.0 Å². The highest BCUT2D eigenvalue weighted by Crippen LogP contribution is 2.30. The number of nitrogens with two attached hydrogens (primary N) is 1. The van der Waals surface area contributed by atoms with Crippen LogP contribution in [0.25, 0.3) is 11.3 Å². The van der Waals surface area contributed by atoms with Gasteiger partial charge in [0.1, 0.15) is 0 Å². The van der Waals surface area contributed by atoms with Crippen LogP contribution in [0.1, 0.15) is 17.5 Å².